The van der Waals surface area contributed by atoms with E-state index in [2.05, 4.69) is 9.88 Å². The van der Waals surface area contributed by atoms with E-state index in [1.807, 2.05) is 11.9 Å². The van der Waals surface area contributed by atoms with Crippen molar-refractivity contribution < 1.29 is 14.3 Å². The van der Waals surface area contributed by atoms with Crippen LogP contribution in [-0.2, 0) is 11.3 Å². The molecule has 6 heteroatoms. The monoisotopic (exact) mass is 305 g/mol. The fourth-order valence-electron chi connectivity index (χ4n) is 3.59. The highest BCUT2D eigenvalue weighted by atomic mass is 16.5. The Morgan fingerprint density at radius 3 is 2.86 bits per heavy atom. The highest BCUT2D eigenvalue weighted by molar-refractivity contribution is 5.80. The molecule has 0 saturated carbocycles. The highest BCUT2D eigenvalue weighted by Gasteiger charge is 2.41. The van der Waals surface area contributed by atoms with Crippen LogP contribution in [0.2, 0.25) is 0 Å². The molecule has 2 aliphatic heterocycles. The van der Waals surface area contributed by atoms with Crippen molar-refractivity contribution in [1.82, 2.24) is 14.8 Å². The fourth-order valence-corrected chi connectivity index (χ4v) is 3.59. The van der Waals surface area contributed by atoms with Gasteiger partial charge in [-0.1, -0.05) is 0 Å². The lowest BCUT2D eigenvalue weighted by molar-refractivity contribution is -0.137. The summed E-state index contributed by atoms with van der Waals surface area (Å²) in [5, 5.41) is 0. The SMILES string of the molecule is COc1ccnc(CN2C[C@H]3CCN(C)C(=O)[C@H]3C2)c1OC. The van der Waals surface area contributed by atoms with Crippen LogP contribution >= 0.6 is 0 Å². The molecular weight excluding hydrogens is 282 g/mol. The molecule has 0 unspecified atom stereocenters. The number of likely N-dealkylation sites (tertiary alicyclic amines) is 2. The second-order valence-corrected chi connectivity index (χ2v) is 6.10. The maximum absolute atomic E-state index is 12.3. The number of pyridine rings is 1. The molecule has 1 aromatic rings. The zero-order chi connectivity index (χ0) is 15.7. The number of piperidine rings is 1. The van der Waals surface area contributed by atoms with Crippen molar-refractivity contribution in [3.8, 4) is 11.5 Å². The lowest BCUT2D eigenvalue weighted by Crippen LogP contribution is -2.42. The second kappa shape index (κ2) is 6.12. The Morgan fingerprint density at radius 1 is 1.32 bits per heavy atom. The van der Waals surface area contributed by atoms with Crippen LogP contribution < -0.4 is 9.47 Å². The largest absolute Gasteiger partial charge is 0.493 e. The number of rotatable bonds is 4. The zero-order valence-corrected chi connectivity index (χ0v) is 13.4. The minimum absolute atomic E-state index is 0.135. The summed E-state index contributed by atoms with van der Waals surface area (Å²) in [6.45, 7) is 3.31. The van der Waals surface area contributed by atoms with E-state index in [1.165, 1.54) is 0 Å². The molecule has 2 fully saturated rings. The first-order valence-electron chi connectivity index (χ1n) is 7.67. The summed E-state index contributed by atoms with van der Waals surface area (Å²) in [6, 6.07) is 1.80. The first kappa shape index (κ1) is 15.1. The third kappa shape index (κ3) is 2.63. The van der Waals surface area contributed by atoms with Crippen molar-refractivity contribution in [2.24, 2.45) is 11.8 Å². The predicted octanol–water partition coefficient (Wildman–Crippen LogP) is 1.01. The van der Waals surface area contributed by atoms with E-state index in [9.17, 15) is 4.79 Å². The molecule has 0 aliphatic carbocycles. The Bertz CT molecular complexity index is 564. The molecule has 6 nitrogen and oxygen atoms in total. The van der Waals surface area contributed by atoms with Crippen molar-refractivity contribution in [3.05, 3.63) is 18.0 Å². The molecule has 2 atom stereocenters. The predicted molar refractivity (Wildman–Crippen MR) is 81.9 cm³/mol. The van der Waals surface area contributed by atoms with Gasteiger partial charge in [-0.25, -0.2) is 0 Å². The standard InChI is InChI=1S/C16H23N3O3/c1-18-7-5-11-8-19(9-12(11)16(18)20)10-13-15(22-3)14(21-2)4-6-17-13/h4,6,11-12H,5,7-10H2,1-3H3/t11-,12+/m1/s1. The van der Waals surface area contributed by atoms with Crippen LogP contribution in [0.3, 0.4) is 0 Å². The number of carbonyl (C=O) groups is 1. The van der Waals surface area contributed by atoms with E-state index in [-0.39, 0.29) is 11.8 Å². The van der Waals surface area contributed by atoms with Gasteiger partial charge in [0.15, 0.2) is 11.5 Å². The molecule has 0 bridgehead atoms. The summed E-state index contributed by atoms with van der Waals surface area (Å²) in [4.78, 5) is 20.9. The molecule has 1 aromatic heterocycles. The van der Waals surface area contributed by atoms with Gasteiger partial charge in [-0.15, -0.1) is 0 Å². The van der Waals surface area contributed by atoms with E-state index in [0.29, 0.717) is 24.0 Å². The molecule has 0 aromatic carbocycles. The number of fused-ring (bicyclic) bond motifs is 1. The molecular formula is C16H23N3O3. The van der Waals surface area contributed by atoms with Gasteiger partial charge < -0.3 is 14.4 Å². The smallest absolute Gasteiger partial charge is 0.227 e. The quantitative estimate of drug-likeness (QED) is 0.831. The molecule has 0 radical (unpaired) electrons. The maximum atomic E-state index is 12.3. The van der Waals surface area contributed by atoms with Crippen LogP contribution in [0.25, 0.3) is 0 Å². The highest BCUT2D eigenvalue weighted by Crippen LogP contribution is 2.35. The number of carbonyl (C=O) groups excluding carboxylic acids is 1. The summed E-state index contributed by atoms with van der Waals surface area (Å²) in [7, 11) is 5.15. The Hall–Kier alpha value is -1.82. The third-order valence-corrected chi connectivity index (χ3v) is 4.78. The fraction of sp³-hybridized carbons (Fsp3) is 0.625. The van der Waals surface area contributed by atoms with Gasteiger partial charge in [0.25, 0.3) is 0 Å². The second-order valence-electron chi connectivity index (χ2n) is 6.10. The number of hydrogen-bond acceptors (Lipinski definition) is 5. The molecule has 0 spiro atoms. The van der Waals surface area contributed by atoms with Gasteiger partial charge in [0.2, 0.25) is 5.91 Å². The molecule has 1 amide bonds. The normalized spacial score (nSPS) is 25.2. The molecule has 0 N–H and O–H groups in total. The first-order chi connectivity index (χ1) is 10.6. The van der Waals surface area contributed by atoms with Gasteiger partial charge in [-0.3, -0.25) is 14.7 Å². The number of methoxy groups -OCH3 is 2. The summed E-state index contributed by atoms with van der Waals surface area (Å²) >= 11 is 0. The summed E-state index contributed by atoms with van der Waals surface area (Å²) in [6.07, 6.45) is 2.82. The van der Waals surface area contributed by atoms with Crippen molar-refractivity contribution in [2.75, 3.05) is 40.9 Å². The van der Waals surface area contributed by atoms with E-state index in [0.717, 1.165) is 31.7 Å². The molecule has 3 heterocycles. The van der Waals surface area contributed by atoms with Crippen molar-refractivity contribution in [2.45, 2.75) is 13.0 Å². The van der Waals surface area contributed by atoms with E-state index in [4.69, 9.17) is 9.47 Å². The van der Waals surface area contributed by atoms with Crippen molar-refractivity contribution in [1.29, 1.82) is 0 Å². The number of amides is 1. The minimum Gasteiger partial charge on any atom is -0.493 e. The van der Waals surface area contributed by atoms with Crippen LogP contribution in [-0.4, -0.2) is 61.6 Å². The summed E-state index contributed by atoms with van der Waals surface area (Å²) in [5.74, 6) is 2.27. The van der Waals surface area contributed by atoms with E-state index < -0.39 is 0 Å². The Morgan fingerprint density at radius 2 is 2.14 bits per heavy atom. The molecule has 120 valence electrons. The Labute approximate surface area is 131 Å². The summed E-state index contributed by atoms with van der Waals surface area (Å²) < 4.78 is 10.8. The Kier molecular flexibility index (Phi) is 4.20. The lowest BCUT2D eigenvalue weighted by atomic mass is 9.88. The number of ether oxygens (including phenoxy) is 2. The van der Waals surface area contributed by atoms with Crippen molar-refractivity contribution >= 4 is 5.91 Å². The topological polar surface area (TPSA) is 54.9 Å². The van der Waals surface area contributed by atoms with Gasteiger partial charge >= 0.3 is 0 Å². The zero-order valence-electron chi connectivity index (χ0n) is 13.4. The maximum Gasteiger partial charge on any atom is 0.227 e. The van der Waals surface area contributed by atoms with Crippen LogP contribution in [0.1, 0.15) is 12.1 Å². The number of aromatic nitrogens is 1. The molecule has 3 rings (SSSR count). The number of nitrogens with zero attached hydrogens (tertiary/aromatic N) is 3. The van der Waals surface area contributed by atoms with E-state index >= 15 is 0 Å². The van der Waals surface area contributed by atoms with Crippen LogP contribution in [0, 0.1) is 11.8 Å². The average molecular weight is 305 g/mol. The minimum atomic E-state index is 0.135. The molecule has 2 aliphatic rings. The van der Waals surface area contributed by atoms with Crippen molar-refractivity contribution in [3.63, 3.8) is 0 Å². The van der Waals surface area contributed by atoms with Gasteiger partial charge in [0.05, 0.1) is 20.1 Å². The van der Waals surface area contributed by atoms with Gasteiger partial charge in [0.1, 0.15) is 5.69 Å². The molecule has 2 saturated heterocycles. The van der Waals surface area contributed by atoms with Crippen LogP contribution in [0.5, 0.6) is 11.5 Å². The van der Waals surface area contributed by atoms with Gasteiger partial charge in [-0.2, -0.15) is 0 Å². The lowest BCUT2D eigenvalue weighted by Gasteiger charge is -2.30. The molecule has 22 heavy (non-hydrogen) atoms. The van der Waals surface area contributed by atoms with Gasteiger partial charge in [-0.05, 0) is 12.3 Å². The van der Waals surface area contributed by atoms with Crippen LogP contribution in [0.4, 0.5) is 0 Å². The Balaban J connectivity index is 1.74. The van der Waals surface area contributed by atoms with Gasteiger partial charge in [0, 0.05) is 45.5 Å². The first-order valence-corrected chi connectivity index (χ1v) is 7.67. The van der Waals surface area contributed by atoms with Crippen LogP contribution in [0.15, 0.2) is 12.3 Å². The van der Waals surface area contributed by atoms with E-state index in [1.54, 1.807) is 26.5 Å². The summed E-state index contributed by atoms with van der Waals surface area (Å²) in [5.41, 5.74) is 0.862. The third-order valence-electron chi connectivity index (χ3n) is 4.78. The number of hydrogen-bond donors (Lipinski definition) is 0. The average Bonchev–Trinajstić information content (AvgIpc) is 2.94.